The molecule has 0 spiro atoms. The number of benzene rings is 1. The average Bonchev–Trinajstić information content (AvgIpc) is 3.39. The third-order valence-electron chi connectivity index (χ3n) is 7.62. The number of carbonyl (C=O) groups excluding carboxylic acids is 1. The third kappa shape index (κ3) is 6.45. The van der Waals surface area contributed by atoms with Crippen LogP contribution in [0.1, 0.15) is 46.2 Å². The number of aryl methyl sites for hydroxylation is 1. The molecule has 4 heterocycles. The van der Waals surface area contributed by atoms with Gasteiger partial charge in [-0.3, -0.25) is 23.5 Å². The summed E-state index contributed by atoms with van der Waals surface area (Å²) in [5.41, 5.74) is 0.0888. The fourth-order valence-electron chi connectivity index (χ4n) is 5.54. The molecular weight excluding hydrogens is 578 g/mol. The second-order valence-electron chi connectivity index (χ2n) is 12.0. The number of piperidine rings is 1. The van der Waals surface area contributed by atoms with E-state index in [1.807, 2.05) is 37.8 Å². The molecule has 0 radical (unpaired) electrons. The Balaban J connectivity index is 1.54. The van der Waals surface area contributed by atoms with Crippen LogP contribution in [0.15, 0.2) is 33.9 Å². The summed E-state index contributed by atoms with van der Waals surface area (Å²) in [4.78, 5) is 51.6. The molecule has 238 valence electrons. The Hall–Kier alpha value is -4.99. The molecule has 1 amide bonds. The molecule has 1 fully saturated rings. The molecule has 0 saturated carbocycles. The van der Waals surface area contributed by atoms with Gasteiger partial charge in [0, 0.05) is 37.6 Å². The van der Waals surface area contributed by atoms with Crippen molar-refractivity contribution in [2.75, 3.05) is 32.2 Å². The molecule has 13 heteroatoms. The summed E-state index contributed by atoms with van der Waals surface area (Å²) >= 11 is 0. The maximum atomic E-state index is 14.1. The minimum absolute atomic E-state index is 0.0443. The number of hydrogen-bond acceptors (Lipinski definition) is 9. The van der Waals surface area contributed by atoms with Crippen LogP contribution in [0.5, 0.6) is 11.5 Å². The second-order valence-corrected chi connectivity index (χ2v) is 12.0. The zero-order chi connectivity index (χ0) is 32.5. The van der Waals surface area contributed by atoms with E-state index in [-0.39, 0.29) is 30.3 Å². The first-order chi connectivity index (χ1) is 21.4. The number of amides is 1. The number of hydrogen-bond donors (Lipinski definition) is 1. The lowest BCUT2D eigenvalue weighted by Gasteiger charge is -2.34. The van der Waals surface area contributed by atoms with Crippen molar-refractivity contribution in [3.63, 3.8) is 0 Å². The minimum atomic E-state index is -0.612. The highest BCUT2D eigenvalue weighted by Crippen LogP contribution is 2.31. The Morgan fingerprint density at radius 3 is 2.51 bits per heavy atom. The van der Waals surface area contributed by atoms with Crippen LogP contribution in [0.4, 0.5) is 10.7 Å². The van der Waals surface area contributed by atoms with E-state index in [0.717, 1.165) is 18.2 Å². The van der Waals surface area contributed by atoms with Crippen molar-refractivity contribution in [1.82, 2.24) is 29.0 Å². The van der Waals surface area contributed by atoms with Gasteiger partial charge in [0.1, 0.15) is 5.60 Å². The van der Waals surface area contributed by atoms with E-state index < -0.39 is 22.9 Å². The van der Waals surface area contributed by atoms with Gasteiger partial charge in [-0.05, 0) is 52.7 Å². The highest BCUT2D eigenvalue weighted by atomic mass is 16.6. The molecule has 1 aromatic carbocycles. The Bertz CT molecular complexity index is 1940. The normalized spacial score (nSPS) is 15.1. The smallest absolute Gasteiger partial charge is 0.407 e. The number of methoxy groups -OCH3 is 2. The summed E-state index contributed by atoms with van der Waals surface area (Å²) < 4.78 is 20.6. The molecule has 0 aliphatic carbocycles. The minimum Gasteiger partial charge on any atom is -0.493 e. The monoisotopic (exact) mass is 617 g/mol. The fraction of sp³-hybridized carbons (Fsp3) is 0.469. The first kappa shape index (κ1) is 31.4. The van der Waals surface area contributed by atoms with Gasteiger partial charge in [-0.15, -0.1) is 5.92 Å². The van der Waals surface area contributed by atoms with Crippen LogP contribution in [0.2, 0.25) is 0 Å². The number of fused-ring (bicyclic) bond motifs is 2. The van der Waals surface area contributed by atoms with E-state index >= 15 is 0 Å². The van der Waals surface area contributed by atoms with Crippen molar-refractivity contribution < 1.29 is 19.0 Å². The first-order valence-corrected chi connectivity index (χ1v) is 14.8. The van der Waals surface area contributed by atoms with Crippen molar-refractivity contribution in [1.29, 1.82) is 0 Å². The Kier molecular flexibility index (Phi) is 8.77. The van der Waals surface area contributed by atoms with Gasteiger partial charge in [0.05, 0.1) is 38.5 Å². The van der Waals surface area contributed by atoms with Crippen LogP contribution in [-0.2, 0) is 24.9 Å². The molecule has 1 aliphatic heterocycles. The molecule has 1 saturated heterocycles. The molecule has 0 bridgehead atoms. The lowest BCUT2D eigenvalue weighted by molar-refractivity contribution is 0.0499. The van der Waals surface area contributed by atoms with Crippen LogP contribution in [0.25, 0.3) is 22.1 Å². The second kappa shape index (κ2) is 12.6. The fourth-order valence-corrected chi connectivity index (χ4v) is 5.54. The largest absolute Gasteiger partial charge is 0.493 e. The predicted molar refractivity (Wildman–Crippen MR) is 171 cm³/mol. The van der Waals surface area contributed by atoms with Gasteiger partial charge in [-0.25, -0.2) is 9.59 Å². The van der Waals surface area contributed by atoms with Crippen molar-refractivity contribution in [3.8, 4) is 23.3 Å². The number of nitrogens with one attached hydrogen (secondary N) is 1. The standard InChI is InChI=1S/C32H39N7O6/c1-8-9-15-38-26-27(35-29(38)37-14-10-11-21(18-37)34-30(41)45-32(2,3)4)36(5)31(42)39(28(26)40)19-22-13-12-20-16-24(43-6)25(44-7)17-23(20)33-22/h12-13,16-17,21H,10-11,14-15,18-19H2,1-7H3,(H,34,41)/t21-/m1/s1. The van der Waals surface area contributed by atoms with Gasteiger partial charge >= 0.3 is 11.8 Å². The molecule has 0 unspecified atom stereocenters. The SMILES string of the molecule is CC#CCn1c(N2CCC[C@@H](NC(=O)OC(C)(C)C)C2)nc2c1c(=O)n(Cc1ccc3cc(OC)c(OC)cc3n1)c(=O)n2C. The summed E-state index contributed by atoms with van der Waals surface area (Å²) in [6, 6.07) is 7.05. The number of carbonyl (C=O) groups is 1. The quantitative estimate of drug-likeness (QED) is 0.311. The molecule has 4 aromatic rings. The van der Waals surface area contributed by atoms with E-state index in [1.165, 1.54) is 9.13 Å². The maximum absolute atomic E-state index is 14.1. The number of nitrogens with zero attached hydrogens (tertiary/aromatic N) is 6. The third-order valence-corrected chi connectivity index (χ3v) is 7.62. The summed E-state index contributed by atoms with van der Waals surface area (Å²) in [7, 11) is 4.71. The van der Waals surface area contributed by atoms with E-state index in [4.69, 9.17) is 24.2 Å². The van der Waals surface area contributed by atoms with Crippen LogP contribution >= 0.6 is 0 Å². The first-order valence-electron chi connectivity index (χ1n) is 14.8. The van der Waals surface area contributed by atoms with Gasteiger partial charge in [0.2, 0.25) is 5.95 Å². The number of rotatable bonds is 7. The lowest BCUT2D eigenvalue weighted by Crippen LogP contribution is -2.49. The molecule has 1 aliphatic rings. The number of pyridine rings is 1. The molecule has 5 rings (SSSR count). The highest BCUT2D eigenvalue weighted by Gasteiger charge is 2.29. The van der Waals surface area contributed by atoms with E-state index in [2.05, 4.69) is 17.2 Å². The number of imidazole rings is 1. The van der Waals surface area contributed by atoms with Crippen molar-refractivity contribution >= 4 is 34.1 Å². The molecule has 45 heavy (non-hydrogen) atoms. The van der Waals surface area contributed by atoms with Crippen LogP contribution in [-0.4, -0.2) is 68.7 Å². The molecule has 1 N–H and O–H groups in total. The van der Waals surface area contributed by atoms with Crippen molar-refractivity contribution in [2.45, 2.75) is 65.3 Å². The Morgan fingerprint density at radius 1 is 1.09 bits per heavy atom. The summed E-state index contributed by atoms with van der Waals surface area (Å²) in [5, 5.41) is 3.78. The van der Waals surface area contributed by atoms with Gasteiger partial charge in [-0.1, -0.05) is 12.0 Å². The topological polar surface area (TPSA) is 135 Å². The summed E-state index contributed by atoms with van der Waals surface area (Å²) in [6.45, 7) is 8.45. The van der Waals surface area contributed by atoms with Gasteiger partial charge in [0.25, 0.3) is 5.56 Å². The van der Waals surface area contributed by atoms with E-state index in [1.54, 1.807) is 44.9 Å². The maximum Gasteiger partial charge on any atom is 0.407 e. The Morgan fingerprint density at radius 2 is 1.82 bits per heavy atom. The summed E-state index contributed by atoms with van der Waals surface area (Å²) in [5.74, 6) is 7.56. The Labute approximate surface area is 260 Å². The molecular formula is C32H39N7O6. The van der Waals surface area contributed by atoms with Gasteiger partial charge in [-0.2, -0.15) is 4.98 Å². The highest BCUT2D eigenvalue weighted by molar-refractivity contribution is 5.83. The van der Waals surface area contributed by atoms with Gasteiger partial charge < -0.3 is 24.4 Å². The van der Waals surface area contributed by atoms with E-state index in [0.29, 0.717) is 41.7 Å². The lowest BCUT2D eigenvalue weighted by atomic mass is 10.1. The van der Waals surface area contributed by atoms with Crippen molar-refractivity contribution in [2.24, 2.45) is 7.05 Å². The van der Waals surface area contributed by atoms with Crippen molar-refractivity contribution in [3.05, 3.63) is 50.8 Å². The number of anilines is 1. The molecule has 13 nitrogen and oxygen atoms in total. The zero-order valence-corrected chi connectivity index (χ0v) is 26.8. The van der Waals surface area contributed by atoms with Crippen LogP contribution in [0.3, 0.4) is 0 Å². The average molecular weight is 618 g/mol. The molecule has 3 aromatic heterocycles. The van der Waals surface area contributed by atoms with Gasteiger partial charge in [0.15, 0.2) is 22.7 Å². The number of alkyl carbamates (subject to hydrolysis) is 1. The van der Waals surface area contributed by atoms with E-state index in [9.17, 15) is 14.4 Å². The molecule has 1 atom stereocenters. The number of ether oxygens (including phenoxy) is 3. The van der Waals surface area contributed by atoms with Crippen LogP contribution in [0, 0.1) is 11.8 Å². The summed E-state index contributed by atoms with van der Waals surface area (Å²) in [6.07, 6.45) is 1.08. The zero-order valence-electron chi connectivity index (χ0n) is 26.8. The van der Waals surface area contributed by atoms with Crippen LogP contribution < -0.4 is 30.9 Å². The number of aromatic nitrogens is 5. The predicted octanol–water partition coefficient (Wildman–Crippen LogP) is 3.03.